The average molecular weight is 284 g/mol. The van der Waals surface area contributed by atoms with E-state index in [1.807, 2.05) is 13.0 Å². The maximum absolute atomic E-state index is 14.0. The van der Waals surface area contributed by atoms with Gasteiger partial charge in [-0.2, -0.15) is 0 Å². The molecular weight excluding hydrogens is 269 g/mol. The first-order valence-corrected chi connectivity index (χ1v) is 6.18. The summed E-state index contributed by atoms with van der Waals surface area (Å²) in [6.45, 7) is 1.89. The monoisotopic (exact) mass is 283 g/mol. The molecule has 0 radical (unpaired) electrons. The van der Waals surface area contributed by atoms with E-state index in [2.05, 4.69) is 5.32 Å². The summed E-state index contributed by atoms with van der Waals surface area (Å²) in [5.74, 6) is 0.172. The van der Waals surface area contributed by atoms with Crippen LogP contribution in [0, 0.1) is 5.82 Å². The van der Waals surface area contributed by atoms with Crippen molar-refractivity contribution in [2.45, 2.75) is 19.4 Å². The number of rotatable bonds is 4. The number of nitrogens with one attached hydrogen (secondary N) is 1. The smallest absolute Gasteiger partial charge is 0.169 e. The van der Waals surface area contributed by atoms with Crippen molar-refractivity contribution >= 4 is 28.7 Å². The summed E-state index contributed by atoms with van der Waals surface area (Å²) in [5.41, 5.74) is 11.8. The van der Waals surface area contributed by atoms with Crippen LogP contribution in [0.25, 0.3) is 0 Å². The topological polar surface area (TPSA) is 77.2 Å². The second kappa shape index (κ2) is 5.40. The van der Waals surface area contributed by atoms with Gasteiger partial charge >= 0.3 is 0 Å². The number of anilines is 3. The van der Waals surface area contributed by atoms with Crippen LogP contribution in [0.2, 0.25) is 5.02 Å². The number of nitrogen functional groups attached to an aromatic ring is 2. The highest BCUT2D eigenvalue weighted by Crippen LogP contribution is 2.34. The van der Waals surface area contributed by atoms with E-state index in [0.717, 1.165) is 5.76 Å². The highest BCUT2D eigenvalue weighted by atomic mass is 35.5. The average Bonchev–Trinajstić information content (AvgIpc) is 2.85. The van der Waals surface area contributed by atoms with Crippen LogP contribution in [-0.4, -0.2) is 6.04 Å². The van der Waals surface area contributed by atoms with E-state index in [4.69, 9.17) is 27.5 Å². The number of hydrogen-bond acceptors (Lipinski definition) is 4. The van der Waals surface area contributed by atoms with Crippen molar-refractivity contribution in [3.05, 3.63) is 41.1 Å². The van der Waals surface area contributed by atoms with Crippen LogP contribution < -0.4 is 16.8 Å². The SMILES string of the molecule is CC(Cc1ccco1)Nc1c(N)cc(N)c(Cl)c1F. The minimum absolute atomic E-state index is 0.0670. The van der Waals surface area contributed by atoms with Crippen LogP contribution >= 0.6 is 11.6 Å². The largest absolute Gasteiger partial charge is 0.469 e. The third-order valence-electron chi connectivity index (χ3n) is 2.74. The minimum Gasteiger partial charge on any atom is -0.469 e. The van der Waals surface area contributed by atoms with Gasteiger partial charge in [-0.15, -0.1) is 0 Å². The summed E-state index contributed by atoms with van der Waals surface area (Å²) in [6.07, 6.45) is 2.20. The predicted molar refractivity (Wildman–Crippen MR) is 75.7 cm³/mol. The van der Waals surface area contributed by atoms with Gasteiger partial charge in [0, 0.05) is 12.5 Å². The Kier molecular flexibility index (Phi) is 3.85. The minimum atomic E-state index is -0.634. The van der Waals surface area contributed by atoms with E-state index >= 15 is 0 Å². The van der Waals surface area contributed by atoms with Crippen molar-refractivity contribution in [3.63, 3.8) is 0 Å². The Labute approximate surface area is 115 Å². The van der Waals surface area contributed by atoms with Crippen LogP contribution in [0.5, 0.6) is 0 Å². The van der Waals surface area contributed by atoms with E-state index < -0.39 is 5.82 Å². The van der Waals surface area contributed by atoms with Crippen LogP contribution in [0.1, 0.15) is 12.7 Å². The second-order valence-corrected chi connectivity index (χ2v) is 4.76. The van der Waals surface area contributed by atoms with Crippen molar-refractivity contribution in [3.8, 4) is 0 Å². The molecule has 0 bridgehead atoms. The summed E-state index contributed by atoms with van der Waals surface area (Å²) in [5, 5.41) is 2.86. The number of hydrogen-bond donors (Lipinski definition) is 3. The number of halogens is 2. The third kappa shape index (κ3) is 2.93. The maximum Gasteiger partial charge on any atom is 0.169 e. The Morgan fingerprint density at radius 3 is 2.79 bits per heavy atom. The van der Waals surface area contributed by atoms with E-state index in [-0.39, 0.29) is 28.1 Å². The molecule has 1 unspecified atom stereocenters. The molecule has 2 rings (SSSR count). The first-order chi connectivity index (χ1) is 8.99. The molecule has 2 aromatic rings. The van der Waals surface area contributed by atoms with E-state index in [0.29, 0.717) is 6.42 Å². The molecule has 0 amide bonds. The molecule has 0 aliphatic heterocycles. The Hall–Kier alpha value is -1.88. The highest BCUT2D eigenvalue weighted by Gasteiger charge is 2.16. The lowest BCUT2D eigenvalue weighted by Crippen LogP contribution is -2.20. The zero-order valence-electron chi connectivity index (χ0n) is 10.4. The van der Waals surface area contributed by atoms with Gasteiger partial charge in [0.15, 0.2) is 5.82 Å². The molecule has 0 saturated carbocycles. The number of benzene rings is 1. The molecule has 4 nitrogen and oxygen atoms in total. The Morgan fingerprint density at radius 2 is 2.16 bits per heavy atom. The lowest BCUT2D eigenvalue weighted by Gasteiger charge is -2.17. The van der Waals surface area contributed by atoms with E-state index in [9.17, 15) is 4.39 Å². The molecule has 0 saturated heterocycles. The fourth-order valence-corrected chi connectivity index (χ4v) is 1.99. The van der Waals surface area contributed by atoms with Gasteiger partial charge in [-0.05, 0) is 25.1 Å². The quantitative estimate of drug-likeness (QED) is 0.753. The zero-order chi connectivity index (χ0) is 14.0. The summed E-state index contributed by atoms with van der Waals surface area (Å²) in [6, 6.07) is 5.03. The summed E-state index contributed by atoms with van der Waals surface area (Å²) in [4.78, 5) is 0. The van der Waals surface area contributed by atoms with Gasteiger partial charge in [-0.25, -0.2) is 4.39 Å². The highest BCUT2D eigenvalue weighted by molar-refractivity contribution is 6.33. The molecule has 102 valence electrons. The van der Waals surface area contributed by atoms with Gasteiger partial charge in [0.05, 0.1) is 23.3 Å². The van der Waals surface area contributed by atoms with Crippen molar-refractivity contribution in [2.75, 3.05) is 16.8 Å². The second-order valence-electron chi connectivity index (χ2n) is 4.39. The lowest BCUT2D eigenvalue weighted by molar-refractivity contribution is 0.497. The number of nitrogens with two attached hydrogens (primary N) is 2. The molecule has 1 heterocycles. The van der Waals surface area contributed by atoms with Gasteiger partial charge in [0.25, 0.3) is 0 Å². The molecule has 1 aromatic carbocycles. The normalized spacial score (nSPS) is 12.4. The predicted octanol–water partition coefficient (Wildman–Crippen LogP) is 3.28. The maximum atomic E-state index is 14.0. The summed E-state index contributed by atoms with van der Waals surface area (Å²) < 4.78 is 19.2. The Balaban J connectivity index is 2.17. The standard InChI is InChI=1S/C13H15ClFN3O/c1-7(5-8-3-2-4-19-8)18-13-10(17)6-9(16)11(14)12(13)15/h2-4,6-7,18H,5,16-17H2,1H3. The molecule has 6 heteroatoms. The van der Waals surface area contributed by atoms with Crippen LogP contribution in [0.3, 0.4) is 0 Å². The van der Waals surface area contributed by atoms with Crippen molar-refractivity contribution in [1.29, 1.82) is 0 Å². The van der Waals surface area contributed by atoms with Crippen molar-refractivity contribution in [1.82, 2.24) is 0 Å². The zero-order valence-corrected chi connectivity index (χ0v) is 11.2. The molecule has 1 aromatic heterocycles. The molecule has 0 spiro atoms. The Morgan fingerprint density at radius 1 is 1.42 bits per heavy atom. The van der Waals surface area contributed by atoms with Gasteiger partial charge < -0.3 is 21.2 Å². The molecule has 0 fully saturated rings. The molecule has 1 atom stereocenters. The lowest BCUT2D eigenvalue weighted by atomic mass is 10.1. The fourth-order valence-electron chi connectivity index (χ4n) is 1.84. The van der Waals surface area contributed by atoms with Gasteiger partial charge in [0.2, 0.25) is 0 Å². The fraction of sp³-hybridized carbons (Fsp3) is 0.231. The van der Waals surface area contributed by atoms with Gasteiger partial charge in [-0.3, -0.25) is 0 Å². The first kappa shape index (κ1) is 13.5. The molecular formula is C13H15ClFN3O. The molecule has 19 heavy (non-hydrogen) atoms. The third-order valence-corrected chi connectivity index (χ3v) is 3.13. The van der Waals surface area contributed by atoms with Crippen LogP contribution in [0.15, 0.2) is 28.9 Å². The van der Waals surface area contributed by atoms with Crippen molar-refractivity contribution in [2.24, 2.45) is 0 Å². The van der Waals surface area contributed by atoms with E-state index in [1.165, 1.54) is 6.07 Å². The Bertz CT molecular complexity index is 572. The van der Waals surface area contributed by atoms with Gasteiger partial charge in [-0.1, -0.05) is 11.6 Å². The van der Waals surface area contributed by atoms with Gasteiger partial charge in [0.1, 0.15) is 10.8 Å². The van der Waals surface area contributed by atoms with Crippen LogP contribution in [0.4, 0.5) is 21.5 Å². The molecule has 0 aliphatic carbocycles. The van der Waals surface area contributed by atoms with E-state index in [1.54, 1.807) is 12.3 Å². The number of furan rings is 1. The molecule has 0 aliphatic rings. The van der Waals surface area contributed by atoms with Crippen LogP contribution in [-0.2, 0) is 6.42 Å². The van der Waals surface area contributed by atoms with Crippen molar-refractivity contribution < 1.29 is 8.81 Å². The summed E-state index contributed by atoms with van der Waals surface area (Å²) in [7, 11) is 0. The molecule has 5 N–H and O–H groups in total. The first-order valence-electron chi connectivity index (χ1n) is 5.81. The summed E-state index contributed by atoms with van der Waals surface area (Å²) >= 11 is 5.77.